The van der Waals surface area contributed by atoms with Crippen LogP contribution < -0.4 is 9.47 Å². The lowest BCUT2D eigenvalue weighted by atomic mass is 10.2. The summed E-state index contributed by atoms with van der Waals surface area (Å²) >= 11 is 1.58. The van der Waals surface area contributed by atoms with Crippen molar-refractivity contribution in [3.63, 3.8) is 0 Å². The number of rotatable bonds is 8. The number of tetrazole rings is 1. The molecule has 0 N–H and O–H groups in total. The van der Waals surface area contributed by atoms with Crippen molar-refractivity contribution in [2.45, 2.75) is 11.7 Å². The predicted molar refractivity (Wildman–Crippen MR) is 92.6 cm³/mol. The van der Waals surface area contributed by atoms with Gasteiger partial charge in [0.05, 0.1) is 20.3 Å². The van der Waals surface area contributed by atoms with Gasteiger partial charge in [0, 0.05) is 5.75 Å². The minimum absolute atomic E-state index is 0.601. The number of thioether (sulfide) groups is 1. The van der Waals surface area contributed by atoms with E-state index in [1.807, 2.05) is 54.6 Å². The Hall–Kier alpha value is -2.54. The number of hydrogen-bond acceptors (Lipinski definition) is 6. The molecular weight excluding hydrogens is 324 g/mol. The third-order valence-corrected chi connectivity index (χ3v) is 4.24. The first kappa shape index (κ1) is 16.3. The van der Waals surface area contributed by atoms with Gasteiger partial charge in [0.15, 0.2) is 0 Å². The smallest absolute Gasteiger partial charge is 0.209 e. The Morgan fingerprint density at radius 2 is 1.79 bits per heavy atom. The molecular formula is C17H18N4O2S. The van der Waals surface area contributed by atoms with Gasteiger partial charge in [-0.2, -0.15) is 0 Å². The fourth-order valence-electron chi connectivity index (χ4n) is 2.11. The third-order valence-electron chi connectivity index (χ3n) is 3.32. The minimum atomic E-state index is 0.601. The second kappa shape index (κ2) is 8.35. The molecule has 2 aromatic carbocycles. The van der Waals surface area contributed by atoms with Crippen molar-refractivity contribution in [3.05, 3.63) is 60.2 Å². The fourth-order valence-corrected chi connectivity index (χ4v) is 2.81. The van der Waals surface area contributed by atoms with Gasteiger partial charge in [-0.25, -0.2) is 4.68 Å². The Balaban J connectivity index is 1.51. The molecule has 3 aromatic rings. The summed E-state index contributed by atoms with van der Waals surface area (Å²) in [7, 11) is 1.66. The van der Waals surface area contributed by atoms with Crippen LogP contribution >= 0.6 is 11.8 Å². The number of nitrogens with zero attached hydrogens (tertiary/aromatic N) is 4. The molecule has 0 aliphatic carbocycles. The summed E-state index contributed by atoms with van der Waals surface area (Å²) in [6.07, 6.45) is 0. The highest BCUT2D eigenvalue weighted by atomic mass is 32.2. The summed E-state index contributed by atoms with van der Waals surface area (Å²) in [5, 5.41) is 12.7. The van der Waals surface area contributed by atoms with E-state index in [2.05, 4.69) is 15.5 Å². The molecule has 24 heavy (non-hydrogen) atoms. The van der Waals surface area contributed by atoms with E-state index in [-0.39, 0.29) is 0 Å². The van der Waals surface area contributed by atoms with E-state index in [9.17, 15) is 0 Å². The van der Waals surface area contributed by atoms with Gasteiger partial charge in [-0.1, -0.05) is 42.1 Å². The minimum Gasteiger partial charge on any atom is -0.497 e. The Kier molecular flexibility index (Phi) is 5.68. The van der Waals surface area contributed by atoms with Crippen LogP contribution in [0.2, 0.25) is 0 Å². The highest BCUT2D eigenvalue weighted by molar-refractivity contribution is 7.99. The van der Waals surface area contributed by atoms with Gasteiger partial charge in [0.25, 0.3) is 0 Å². The highest BCUT2D eigenvalue weighted by Gasteiger charge is 2.07. The van der Waals surface area contributed by atoms with Crippen molar-refractivity contribution in [3.8, 4) is 11.5 Å². The maximum absolute atomic E-state index is 5.68. The van der Waals surface area contributed by atoms with Crippen LogP contribution in [-0.2, 0) is 6.54 Å². The number of para-hydroxylation sites is 1. The van der Waals surface area contributed by atoms with Gasteiger partial charge >= 0.3 is 0 Å². The van der Waals surface area contributed by atoms with Gasteiger partial charge in [0.1, 0.15) is 11.5 Å². The number of methoxy groups -OCH3 is 1. The first-order chi connectivity index (χ1) is 11.8. The van der Waals surface area contributed by atoms with Crippen LogP contribution in [0.3, 0.4) is 0 Å². The van der Waals surface area contributed by atoms with E-state index in [0.717, 1.165) is 28.0 Å². The number of ether oxygens (including phenoxy) is 2. The molecule has 0 aliphatic heterocycles. The van der Waals surface area contributed by atoms with E-state index < -0.39 is 0 Å². The van der Waals surface area contributed by atoms with E-state index in [1.165, 1.54) is 0 Å². The lowest BCUT2D eigenvalue weighted by Crippen LogP contribution is -2.06. The van der Waals surface area contributed by atoms with Crippen LogP contribution in [0.25, 0.3) is 0 Å². The molecule has 0 amide bonds. The average Bonchev–Trinajstić information content (AvgIpc) is 3.07. The molecule has 124 valence electrons. The molecule has 0 spiro atoms. The summed E-state index contributed by atoms with van der Waals surface area (Å²) < 4.78 is 12.6. The molecule has 0 atom stereocenters. The maximum Gasteiger partial charge on any atom is 0.209 e. The van der Waals surface area contributed by atoms with E-state index in [0.29, 0.717) is 13.2 Å². The SMILES string of the molecule is COc1ccc(Cn2nnnc2SCCOc2ccccc2)cc1. The Bertz CT molecular complexity index is 747. The average molecular weight is 342 g/mol. The zero-order chi connectivity index (χ0) is 16.6. The molecule has 0 saturated carbocycles. The second-order valence-corrected chi connectivity index (χ2v) is 6.04. The lowest BCUT2D eigenvalue weighted by molar-refractivity contribution is 0.344. The maximum atomic E-state index is 5.68. The van der Waals surface area contributed by atoms with E-state index in [4.69, 9.17) is 9.47 Å². The highest BCUT2D eigenvalue weighted by Crippen LogP contribution is 2.17. The standard InChI is InChI=1S/C17H18N4O2S/c1-22-15-9-7-14(8-10-15)13-21-17(18-19-20-21)24-12-11-23-16-5-3-2-4-6-16/h2-10H,11-13H2,1H3. The Morgan fingerprint density at radius 3 is 2.54 bits per heavy atom. The molecule has 7 heteroatoms. The van der Waals surface area contributed by atoms with Gasteiger partial charge in [-0.3, -0.25) is 0 Å². The molecule has 3 rings (SSSR count). The molecule has 0 unspecified atom stereocenters. The molecule has 6 nitrogen and oxygen atoms in total. The zero-order valence-corrected chi connectivity index (χ0v) is 14.1. The summed E-state index contributed by atoms with van der Waals surface area (Å²) in [6.45, 7) is 1.23. The van der Waals surface area contributed by atoms with Gasteiger partial charge in [-0.05, 0) is 40.3 Å². The van der Waals surface area contributed by atoms with Crippen LogP contribution in [0, 0.1) is 0 Å². The van der Waals surface area contributed by atoms with Crippen molar-refractivity contribution >= 4 is 11.8 Å². The molecule has 1 heterocycles. The van der Waals surface area contributed by atoms with Gasteiger partial charge in [-0.15, -0.1) is 5.10 Å². The quantitative estimate of drug-likeness (QED) is 0.463. The van der Waals surface area contributed by atoms with Crippen LogP contribution in [0.4, 0.5) is 0 Å². The van der Waals surface area contributed by atoms with Gasteiger partial charge < -0.3 is 9.47 Å². The van der Waals surface area contributed by atoms with Crippen LogP contribution in [0.1, 0.15) is 5.56 Å². The Labute approximate surface area is 144 Å². The normalized spacial score (nSPS) is 10.5. The molecule has 0 radical (unpaired) electrons. The largest absolute Gasteiger partial charge is 0.497 e. The van der Waals surface area contributed by atoms with Crippen molar-refractivity contribution in [1.29, 1.82) is 0 Å². The Morgan fingerprint density at radius 1 is 1.00 bits per heavy atom. The summed E-state index contributed by atoms with van der Waals surface area (Å²) in [4.78, 5) is 0. The zero-order valence-electron chi connectivity index (χ0n) is 13.3. The monoisotopic (exact) mass is 342 g/mol. The fraction of sp³-hybridized carbons (Fsp3) is 0.235. The third kappa shape index (κ3) is 4.48. The molecule has 0 bridgehead atoms. The topological polar surface area (TPSA) is 62.1 Å². The summed E-state index contributed by atoms with van der Waals surface area (Å²) in [5.41, 5.74) is 1.12. The van der Waals surface area contributed by atoms with Gasteiger partial charge in [0.2, 0.25) is 5.16 Å². The summed E-state index contributed by atoms with van der Waals surface area (Å²) in [5.74, 6) is 2.48. The molecule has 0 saturated heterocycles. The number of hydrogen-bond donors (Lipinski definition) is 0. The van der Waals surface area contributed by atoms with Crippen LogP contribution in [0.5, 0.6) is 11.5 Å². The second-order valence-electron chi connectivity index (χ2n) is 4.98. The van der Waals surface area contributed by atoms with Crippen LogP contribution in [-0.4, -0.2) is 39.7 Å². The lowest BCUT2D eigenvalue weighted by Gasteiger charge is -2.07. The van der Waals surface area contributed by atoms with Crippen molar-refractivity contribution in [2.24, 2.45) is 0 Å². The summed E-state index contributed by atoms with van der Waals surface area (Å²) in [6, 6.07) is 17.6. The van der Waals surface area contributed by atoms with Crippen molar-refractivity contribution in [1.82, 2.24) is 20.2 Å². The van der Waals surface area contributed by atoms with Crippen molar-refractivity contribution < 1.29 is 9.47 Å². The number of aromatic nitrogens is 4. The van der Waals surface area contributed by atoms with Crippen molar-refractivity contribution in [2.75, 3.05) is 19.5 Å². The van der Waals surface area contributed by atoms with Crippen LogP contribution in [0.15, 0.2) is 59.8 Å². The first-order valence-corrected chi connectivity index (χ1v) is 8.53. The van der Waals surface area contributed by atoms with E-state index >= 15 is 0 Å². The predicted octanol–water partition coefficient (Wildman–Crippen LogP) is 2.90. The van der Waals surface area contributed by atoms with E-state index in [1.54, 1.807) is 23.6 Å². The molecule has 0 aliphatic rings. The first-order valence-electron chi connectivity index (χ1n) is 7.55. The number of benzene rings is 2. The molecule has 0 fully saturated rings. The molecule has 1 aromatic heterocycles.